The molecule has 0 saturated carbocycles. The van der Waals surface area contributed by atoms with Gasteiger partial charge in [0.1, 0.15) is 0 Å². The molecular weight excluding hydrogens is 347 g/mol. The van der Waals surface area contributed by atoms with Gasteiger partial charge in [0.15, 0.2) is 9.84 Å². The quantitative estimate of drug-likeness (QED) is 0.871. The van der Waals surface area contributed by atoms with Crippen molar-refractivity contribution in [2.45, 2.75) is 19.4 Å². The lowest BCUT2D eigenvalue weighted by Gasteiger charge is -2.25. The highest BCUT2D eigenvalue weighted by atomic mass is 35.5. The highest BCUT2D eigenvalue weighted by molar-refractivity contribution is 7.91. The average Bonchev–Trinajstić information content (AvgIpc) is 2.80. The van der Waals surface area contributed by atoms with E-state index in [0.29, 0.717) is 28.7 Å². The molecule has 1 atom stereocenters. The molecule has 1 aromatic rings. The predicted octanol–water partition coefficient (Wildman–Crippen LogP) is 2.44. The first kappa shape index (κ1) is 17.5. The Morgan fingerprint density at radius 3 is 2.50 bits per heavy atom. The van der Waals surface area contributed by atoms with Crippen LogP contribution in [-0.2, 0) is 14.6 Å². The number of nitrogens with zero attached hydrogens (tertiary/aromatic N) is 1. The molecule has 1 unspecified atom stereocenters. The predicted molar refractivity (Wildman–Crippen MR) is 89.4 cm³/mol. The summed E-state index contributed by atoms with van der Waals surface area (Å²) in [4.78, 5) is 14.1. The van der Waals surface area contributed by atoms with E-state index in [2.05, 4.69) is 5.32 Å². The maximum atomic E-state index is 12.2. The van der Waals surface area contributed by atoms with Crippen LogP contribution < -0.4 is 5.32 Å². The normalized spacial score (nSPS) is 20.3. The van der Waals surface area contributed by atoms with Gasteiger partial charge in [-0.1, -0.05) is 36.2 Å². The molecule has 1 fully saturated rings. The van der Waals surface area contributed by atoms with Crippen LogP contribution in [0.25, 0.3) is 0 Å². The minimum absolute atomic E-state index is 0.109. The molecule has 1 aliphatic heterocycles. The van der Waals surface area contributed by atoms with Crippen molar-refractivity contribution in [1.82, 2.24) is 4.90 Å². The number of sulfone groups is 1. The fourth-order valence-electron chi connectivity index (χ4n) is 2.54. The molecule has 0 bridgehead atoms. The molecule has 122 valence electrons. The Morgan fingerprint density at radius 2 is 2.00 bits per heavy atom. The first-order valence-electron chi connectivity index (χ1n) is 7.00. The van der Waals surface area contributed by atoms with E-state index in [0.717, 1.165) is 0 Å². The van der Waals surface area contributed by atoms with Crippen LogP contribution in [0.4, 0.5) is 5.69 Å². The van der Waals surface area contributed by atoms with E-state index in [-0.39, 0.29) is 30.0 Å². The lowest BCUT2D eigenvalue weighted by molar-refractivity contribution is -0.117. The number of carbonyl (C=O) groups excluding carboxylic acids is 1. The number of para-hydroxylation sites is 1. The third kappa shape index (κ3) is 4.35. The number of carbonyl (C=O) groups is 1. The molecular formula is C14H18Cl2N2O3S. The topological polar surface area (TPSA) is 66.5 Å². The van der Waals surface area contributed by atoms with Crippen LogP contribution in [0, 0.1) is 0 Å². The summed E-state index contributed by atoms with van der Waals surface area (Å²) in [6.07, 6.45) is 0.566. The molecule has 1 heterocycles. The summed E-state index contributed by atoms with van der Waals surface area (Å²) in [5.41, 5.74) is 0.380. The first-order valence-corrected chi connectivity index (χ1v) is 9.58. The number of hydrogen-bond acceptors (Lipinski definition) is 4. The number of rotatable bonds is 5. The lowest BCUT2D eigenvalue weighted by atomic mass is 10.2. The summed E-state index contributed by atoms with van der Waals surface area (Å²) in [7, 11) is -2.97. The van der Waals surface area contributed by atoms with Crippen molar-refractivity contribution in [3.05, 3.63) is 28.2 Å². The maximum absolute atomic E-state index is 12.2. The Labute approximate surface area is 140 Å². The number of likely N-dealkylation sites (N-methyl/N-ethyl adjacent to an activating group) is 1. The lowest BCUT2D eigenvalue weighted by Crippen LogP contribution is -2.41. The Balaban J connectivity index is 2.01. The third-order valence-corrected chi connectivity index (χ3v) is 6.09. The summed E-state index contributed by atoms with van der Waals surface area (Å²) < 4.78 is 23.1. The van der Waals surface area contributed by atoms with Gasteiger partial charge in [-0.25, -0.2) is 8.42 Å². The number of hydrogen-bond donors (Lipinski definition) is 1. The zero-order valence-corrected chi connectivity index (χ0v) is 14.5. The smallest absolute Gasteiger partial charge is 0.238 e. The number of nitrogens with one attached hydrogen (secondary N) is 1. The first-order chi connectivity index (χ1) is 10.3. The summed E-state index contributed by atoms with van der Waals surface area (Å²) >= 11 is 12.0. The monoisotopic (exact) mass is 364 g/mol. The highest BCUT2D eigenvalue weighted by Crippen LogP contribution is 2.29. The average molecular weight is 365 g/mol. The van der Waals surface area contributed by atoms with E-state index < -0.39 is 9.84 Å². The Kier molecular flexibility index (Phi) is 5.71. The Hall–Kier alpha value is -0.820. The fraction of sp³-hybridized carbons (Fsp3) is 0.500. The summed E-state index contributed by atoms with van der Waals surface area (Å²) in [6.45, 7) is 2.61. The second kappa shape index (κ2) is 7.17. The van der Waals surface area contributed by atoms with Gasteiger partial charge < -0.3 is 5.32 Å². The van der Waals surface area contributed by atoms with Gasteiger partial charge in [-0.15, -0.1) is 0 Å². The SMILES string of the molecule is CCN(CC(=O)Nc1c(Cl)cccc1Cl)C1CCS(=O)(=O)C1. The van der Waals surface area contributed by atoms with Crippen molar-refractivity contribution >= 4 is 44.6 Å². The van der Waals surface area contributed by atoms with E-state index in [1.807, 2.05) is 11.8 Å². The maximum Gasteiger partial charge on any atom is 0.238 e. The Morgan fingerprint density at radius 1 is 1.36 bits per heavy atom. The van der Waals surface area contributed by atoms with Crippen LogP contribution in [0.3, 0.4) is 0 Å². The number of halogens is 2. The van der Waals surface area contributed by atoms with Gasteiger partial charge in [-0.2, -0.15) is 0 Å². The molecule has 8 heteroatoms. The van der Waals surface area contributed by atoms with Crippen molar-refractivity contribution in [2.24, 2.45) is 0 Å². The number of anilines is 1. The Bertz CT molecular complexity index is 644. The molecule has 0 aromatic heterocycles. The van der Waals surface area contributed by atoms with Crippen LogP contribution in [0.5, 0.6) is 0 Å². The van der Waals surface area contributed by atoms with Crippen LogP contribution in [-0.4, -0.2) is 49.9 Å². The zero-order valence-electron chi connectivity index (χ0n) is 12.2. The molecule has 22 heavy (non-hydrogen) atoms. The minimum atomic E-state index is -2.97. The molecule has 1 saturated heterocycles. The number of amides is 1. The number of benzene rings is 1. The molecule has 5 nitrogen and oxygen atoms in total. The van der Waals surface area contributed by atoms with Crippen molar-refractivity contribution in [2.75, 3.05) is 29.9 Å². The molecule has 1 N–H and O–H groups in total. The van der Waals surface area contributed by atoms with E-state index in [1.54, 1.807) is 18.2 Å². The van der Waals surface area contributed by atoms with E-state index in [1.165, 1.54) is 0 Å². The molecule has 1 aliphatic rings. The van der Waals surface area contributed by atoms with E-state index in [9.17, 15) is 13.2 Å². The summed E-state index contributed by atoms with van der Waals surface area (Å²) in [5, 5.41) is 3.43. The molecule has 1 aromatic carbocycles. The van der Waals surface area contributed by atoms with Crippen LogP contribution in [0.2, 0.25) is 10.0 Å². The van der Waals surface area contributed by atoms with Gasteiger partial charge in [0.25, 0.3) is 0 Å². The molecule has 0 aliphatic carbocycles. The summed E-state index contributed by atoms with van der Waals surface area (Å²) in [6, 6.07) is 4.87. The third-order valence-electron chi connectivity index (χ3n) is 3.70. The van der Waals surface area contributed by atoms with Gasteiger partial charge in [0.05, 0.1) is 33.8 Å². The van der Waals surface area contributed by atoms with Gasteiger partial charge in [-0.3, -0.25) is 9.69 Å². The zero-order chi connectivity index (χ0) is 16.3. The second-order valence-electron chi connectivity index (χ2n) is 5.26. The van der Waals surface area contributed by atoms with E-state index >= 15 is 0 Å². The van der Waals surface area contributed by atoms with Gasteiger partial charge in [0.2, 0.25) is 5.91 Å². The van der Waals surface area contributed by atoms with Crippen LogP contribution in [0.15, 0.2) is 18.2 Å². The molecule has 0 radical (unpaired) electrons. The van der Waals surface area contributed by atoms with Gasteiger partial charge >= 0.3 is 0 Å². The highest BCUT2D eigenvalue weighted by Gasteiger charge is 2.32. The van der Waals surface area contributed by atoms with Gasteiger partial charge in [-0.05, 0) is 25.1 Å². The van der Waals surface area contributed by atoms with E-state index in [4.69, 9.17) is 23.2 Å². The van der Waals surface area contributed by atoms with Crippen molar-refractivity contribution in [3.8, 4) is 0 Å². The minimum Gasteiger partial charge on any atom is -0.322 e. The molecule has 0 spiro atoms. The second-order valence-corrected chi connectivity index (χ2v) is 8.31. The van der Waals surface area contributed by atoms with Crippen LogP contribution in [0.1, 0.15) is 13.3 Å². The van der Waals surface area contributed by atoms with Crippen molar-refractivity contribution < 1.29 is 13.2 Å². The fourth-order valence-corrected chi connectivity index (χ4v) is 4.80. The molecule has 2 rings (SSSR count). The van der Waals surface area contributed by atoms with Crippen molar-refractivity contribution in [3.63, 3.8) is 0 Å². The van der Waals surface area contributed by atoms with Gasteiger partial charge in [0, 0.05) is 6.04 Å². The summed E-state index contributed by atoms with van der Waals surface area (Å²) in [5.74, 6) is 0.0359. The molecule has 1 amide bonds. The largest absolute Gasteiger partial charge is 0.322 e. The van der Waals surface area contributed by atoms with Crippen LogP contribution >= 0.6 is 23.2 Å². The standard InChI is InChI=1S/C14H18Cl2N2O3S/c1-2-18(10-6-7-22(20,21)9-10)8-13(19)17-14-11(15)4-3-5-12(14)16/h3-5,10H,2,6-9H2,1H3,(H,17,19). The van der Waals surface area contributed by atoms with Crippen molar-refractivity contribution in [1.29, 1.82) is 0 Å².